The molecule has 1 N–H and O–H groups in total. The van der Waals surface area contributed by atoms with Crippen molar-refractivity contribution in [3.63, 3.8) is 0 Å². The summed E-state index contributed by atoms with van der Waals surface area (Å²) in [5, 5.41) is 3.04. The second-order valence-electron chi connectivity index (χ2n) is 9.38. The van der Waals surface area contributed by atoms with Gasteiger partial charge < -0.3 is 10.2 Å². The third-order valence-corrected chi connectivity index (χ3v) is 9.78. The lowest BCUT2D eigenvalue weighted by Crippen LogP contribution is -2.42. The van der Waals surface area contributed by atoms with E-state index < -0.39 is 27.3 Å². The molecule has 2 fully saturated rings. The Morgan fingerprint density at radius 3 is 2.56 bits per heavy atom. The van der Waals surface area contributed by atoms with E-state index in [4.69, 9.17) is 0 Å². The summed E-state index contributed by atoms with van der Waals surface area (Å²) in [6.07, 6.45) is -1.31. The second kappa shape index (κ2) is 8.48. The van der Waals surface area contributed by atoms with Gasteiger partial charge in [0.25, 0.3) is 5.91 Å². The summed E-state index contributed by atoms with van der Waals surface area (Å²) < 4.78 is 66.5. The number of hydrogen-bond donors (Lipinski definition) is 1. The maximum atomic E-state index is 13.9. The molecule has 1 unspecified atom stereocenters. The average molecular weight is 544 g/mol. The number of carbonyl (C=O) groups is 2. The number of alkyl halides is 3. The van der Waals surface area contributed by atoms with E-state index >= 15 is 0 Å². The minimum Gasteiger partial charge on any atom is -0.351 e. The SMILES string of the molecule is CCC12CC(=O)CN1C(=O)c1cc(-c3nc(NC4CCN(S(C)(=O)=O)CC4)ncc3C(F)(F)F)sc12. The highest BCUT2D eigenvalue weighted by molar-refractivity contribution is 7.88. The van der Waals surface area contributed by atoms with Crippen LogP contribution in [-0.4, -0.2) is 71.2 Å². The fourth-order valence-electron chi connectivity index (χ4n) is 5.27. The maximum Gasteiger partial charge on any atom is 0.420 e. The first-order valence-electron chi connectivity index (χ1n) is 11.5. The molecule has 0 aromatic carbocycles. The van der Waals surface area contributed by atoms with Gasteiger partial charge >= 0.3 is 6.18 Å². The molecule has 1 atom stereocenters. The Kier molecular flexibility index (Phi) is 5.91. The van der Waals surface area contributed by atoms with E-state index in [1.165, 1.54) is 15.3 Å². The maximum absolute atomic E-state index is 13.9. The molecule has 2 saturated heterocycles. The summed E-state index contributed by atoms with van der Waals surface area (Å²) in [6.45, 7) is 2.45. The van der Waals surface area contributed by atoms with Gasteiger partial charge in [-0.25, -0.2) is 22.7 Å². The Labute approximate surface area is 209 Å². The zero-order valence-corrected chi connectivity index (χ0v) is 21.2. The van der Waals surface area contributed by atoms with E-state index in [9.17, 15) is 31.2 Å². The van der Waals surface area contributed by atoms with Crippen LogP contribution in [0.2, 0.25) is 0 Å². The van der Waals surface area contributed by atoms with E-state index in [0.717, 1.165) is 23.8 Å². The molecule has 0 radical (unpaired) electrons. The zero-order valence-electron chi connectivity index (χ0n) is 19.6. The Morgan fingerprint density at radius 2 is 1.94 bits per heavy atom. The summed E-state index contributed by atoms with van der Waals surface area (Å²) in [5.74, 6) is -0.422. The van der Waals surface area contributed by atoms with Gasteiger partial charge in [-0.2, -0.15) is 13.2 Å². The molecule has 9 nitrogen and oxygen atoms in total. The van der Waals surface area contributed by atoms with Gasteiger partial charge in [-0.1, -0.05) is 6.92 Å². The topological polar surface area (TPSA) is 113 Å². The fraction of sp³-hybridized carbons (Fsp3) is 0.545. The number of nitrogens with one attached hydrogen (secondary N) is 1. The van der Waals surface area contributed by atoms with Gasteiger partial charge in [0.1, 0.15) is 5.56 Å². The second-order valence-corrected chi connectivity index (χ2v) is 12.4. The first-order valence-corrected chi connectivity index (χ1v) is 14.1. The molecule has 2 aromatic heterocycles. The third kappa shape index (κ3) is 4.08. The van der Waals surface area contributed by atoms with Gasteiger partial charge in [0.15, 0.2) is 5.78 Å². The number of amides is 1. The number of anilines is 1. The van der Waals surface area contributed by atoms with Crippen LogP contribution in [0.15, 0.2) is 12.3 Å². The molecule has 5 heterocycles. The first-order chi connectivity index (χ1) is 16.8. The van der Waals surface area contributed by atoms with Crippen LogP contribution in [0.5, 0.6) is 0 Å². The standard InChI is InChI=1S/C22H24F3N5O4S2/c1-3-21-9-13(31)11-30(21)19(32)14-8-16(35-18(14)21)17-15(22(23,24)25)10-26-20(28-17)27-12-4-6-29(7-5-12)36(2,33)34/h8,10,12H,3-7,9,11H2,1-2H3,(H,26,27,28). The zero-order chi connectivity index (χ0) is 26.0. The summed E-state index contributed by atoms with van der Waals surface area (Å²) in [4.78, 5) is 35.5. The smallest absolute Gasteiger partial charge is 0.351 e. The number of thiophene rings is 1. The van der Waals surface area contributed by atoms with Crippen molar-refractivity contribution in [2.45, 2.75) is 50.4 Å². The van der Waals surface area contributed by atoms with Crippen molar-refractivity contribution in [3.05, 3.63) is 28.3 Å². The van der Waals surface area contributed by atoms with Crippen molar-refractivity contribution < 1.29 is 31.2 Å². The summed E-state index contributed by atoms with van der Waals surface area (Å²) in [6, 6.07) is 1.23. The molecule has 194 valence electrons. The van der Waals surface area contributed by atoms with Crippen LogP contribution >= 0.6 is 11.3 Å². The van der Waals surface area contributed by atoms with Crippen LogP contribution in [0.1, 0.15) is 53.4 Å². The molecular formula is C22H24F3N5O4S2. The molecule has 3 aliphatic rings. The van der Waals surface area contributed by atoms with E-state index in [-0.39, 0.29) is 60.3 Å². The van der Waals surface area contributed by atoms with E-state index in [1.54, 1.807) is 0 Å². The van der Waals surface area contributed by atoms with Crippen LogP contribution in [0, 0.1) is 0 Å². The van der Waals surface area contributed by atoms with Crippen molar-refractivity contribution >= 4 is 39.0 Å². The van der Waals surface area contributed by atoms with Crippen molar-refractivity contribution in [2.24, 2.45) is 0 Å². The molecular weight excluding hydrogens is 519 g/mol. The van der Waals surface area contributed by atoms with Gasteiger partial charge in [0, 0.05) is 36.6 Å². The lowest BCUT2D eigenvalue weighted by atomic mass is 9.92. The van der Waals surface area contributed by atoms with E-state index in [2.05, 4.69) is 15.3 Å². The molecule has 0 aliphatic carbocycles. The average Bonchev–Trinajstić information content (AvgIpc) is 3.44. The predicted molar refractivity (Wildman–Crippen MR) is 126 cm³/mol. The van der Waals surface area contributed by atoms with Crippen molar-refractivity contribution in [1.82, 2.24) is 19.2 Å². The van der Waals surface area contributed by atoms with Crippen LogP contribution in [-0.2, 0) is 26.5 Å². The van der Waals surface area contributed by atoms with Gasteiger partial charge in [-0.15, -0.1) is 11.3 Å². The van der Waals surface area contributed by atoms with Crippen LogP contribution < -0.4 is 5.32 Å². The third-order valence-electron chi connectivity index (χ3n) is 7.14. The number of halogens is 3. The number of sulfonamides is 1. The lowest BCUT2D eigenvalue weighted by molar-refractivity contribution is -0.137. The van der Waals surface area contributed by atoms with Gasteiger partial charge in [-0.05, 0) is 25.3 Å². The Bertz CT molecular complexity index is 1350. The molecule has 0 saturated carbocycles. The minimum absolute atomic E-state index is 0.00133. The van der Waals surface area contributed by atoms with Gasteiger partial charge in [-0.3, -0.25) is 9.59 Å². The Hall–Kier alpha value is -2.58. The fourth-order valence-corrected chi connectivity index (χ4v) is 7.57. The van der Waals surface area contributed by atoms with Crippen molar-refractivity contribution in [2.75, 3.05) is 31.2 Å². The van der Waals surface area contributed by atoms with Gasteiger partial charge in [0.2, 0.25) is 16.0 Å². The monoisotopic (exact) mass is 543 g/mol. The summed E-state index contributed by atoms with van der Waals surface area (Å²) in [7, 11) is -3.31. The number of fused-ring (bicyclic) bond motifs is 3. The molecule has 3 aliphatic heterocycles. The quantitative estimate of drug-likeness (QED) is 0.617. The van der Waals surface area contributed by atoms with Crippen LogP contribution in [0.25, 0.3) is 10.6 Å². The van der Waals surface area contributed by atoms with Crippen LogP contribution in [0.3, 0.4) is 0 Å². The molecule has 0 spiro atoms. The highest BCUT2D eigenvalue weighted by Gasteiger charge is 2.55. The lowest BCUT2D eigenvalue weighted by Gasteiger charge is -2.30. The van der Waals surface area contributed by atoms with Crippen molar-refractivity contribution in [1.29, 1.82) is 0 Å². The van der Waals surface area contributed by atoms with Crippen LogP contribution in [0.4, 0.5) is 19.1 Å². The first kappa shape index (κ1) is 25.1. The molecule has 5 rings (SSSR count). The Morgan fingerprint density at radius 1 is 1.25 bits per heavy atom. The number of hydrogen-bond acceptors (Lipinski definition) is 8. The number of carbonyl (C=O) groups excluding carboxylic acids is 2. The highest BCUT2D eigenvalue weighted by atomic mass is 32.2. The number of piperidine rings is 1. The number of rotatable bonds is 5. The molecule has 1 amide bonds. The van der Waals surface area contributed by atoms with Crippen molar-refractivity contribution in [3.8, 4) is 10.6 Å². The number of Topliss-reactive ketones (excluding diaryl/α,β-unsaturated/α-hetero) is 1. The van der Waals surface area contributed by atoms with E-state index in [0.29, 0.717) is 29.7 Å². The van der Waals surface area contributed by atoms with Gasteiger partial charge in [0.05, 0.1) is 34.5 Å². The largest absolute Gasteiger partial charge is 0.420 e. The highest BCUT2D eigenvalue weighted by Crippen LogP contribution is 2.53. The molecule has 36 heavy (non-hydrogen) atoms. The summed E-state index contributed by atoms with van der Waals surface area (Å²) >= 11 is 1.06. The molecule has 14 heteroatoms. The number of nitrogens with zero attached hydrogens (tertiary/aromatic N) is 4. The number of aromatic nitrogens is 2. The molecule has 0 bridgehead atoms. The van der Waals surface area contributed by atoms with E-state index in [1.807, 2.05) is 6.92 Å². The predicted octanol–water partition coefficient (Wildman–Crippen LogP) is 3.09. The molecule has 2 aromatic rings. The normalized spacial score (nSPS) is 23.3. The Balaban J connectivity index is 1.48. The summed E-state index contributed by atoms with van der Waals surface area (Å²) in [5.41, 5.74) is -1.84. The minimum atomic E-state index is -4.72. The number of ketones is 1.